The average Bonchev–Trinajstić information content (AvgIpc) is 2.45. The Morgan fingerprint density at radius 1 is 1.05 bits per heavy atom. The van der Waals surface area contributed by atoms with Crippen molar-refractivity contribution >= 4 is 24.1 Å². The summed E-state index contributed by atoms with van der Waals surface area (Å²) in [5.74, 6) is -0.0554. The minimum absolute atomic E-state index is 0. The van der Waals surface area contributed by atoms with E-state index in [1.165, 1.54) is 5.56 Å². The van der Waals surface area contributed by atoms with Gasteiger partial charge in [-0.1, -0.05) is 31.2 Å². The Morgan fingerprint density at radius 2 is 1.70 bits per heavy atom. The van der Waals surface area contributed by atoms with Crippen molar-refractivity contribution in [2.45, 2.75) is 26.2 Å². The molecule has 0 unspecified atom stereocenters. The predicted molar refractivity (Wildman–Crippen MR) is 83.6 cm³/mol. The summed E-state index contributed by atoms with van der Waals surface area (Å²) in [6, 6.07) is 7.58. The van der Waals surface area contributed by atoms with Gasteiger partial charge in [-0.2, -0.15) is 0 Å². The van der Waals surface area contributed by atoms with Crippen LogP contribution in [-0.2, 0) is 11.2 Å². The third-order valence-corrected chi connectivity index (χ3v) is 2.96. The Kier molecular flexibility index (Phi) is 9.68. The van der Waals surface area contributed by atoms with Crippen molar-refractivity contribution in [3.8, 4) is 0 Å². The number of rotatable bonds is 8. The molecule has 2 N–H and O–H groups in total. The summed E-state index contributed by atoms with van der Waals surface area (Å²) in [5, 5.41) is 5.70. The van der Waals surface area contributed by atoms with Crippen molar-refractivity contribution in [1.82, 2.24) is 10.6 Å². The van der Waals surface area contributed by atoms with Crippen molar-refractivity contribution < 1.29 is 9.59 Å². The zero-order valence-electron chi connectivity index (χ0n) is 12.1. The van der Waals surface area contributed by atoms with Gasteiger partial charge in [0.25, 0.3) is 0 Å². The van der Waals surface area contributed by atoms with E-state index >= 15 is 0 Å². The van der Waals surface area contributed by atoms with Gasteiger partial charge in [-0.05, 0) is 19.0 Å². The molecule has 112 valence electrons. The predicted octanol–water partition coefficient (Wildman–Crippen LogP) is 1.97. The summed E-state index contributed by atoms with van der Waals surface area (Å²) >= 11 is 0. The van der Waals surface area contributed by atoms with Crippen LogP contribution in [0.5, 0.6) is 0 Å². The quantitative estimate of drug-likeness (QED) is 0.570. The lowest BCUT2D eigenvalue weighted by Gasteiger charge is -2.05. The fourth-order valence-corrected chi connectivity index (χ4v) is 1.71. The summed E-state index contributed by atoms with van der Waals surface area (Å²) in [6.07, 6.45) is 1.47. The molecule has 1 rings (SSSR count). The number of hydrogen-bond acceptors (Lipinski definition) is 3. The van der Waals surface area contributed by atoms with Gasteiger partial charge in [0.2, 0.25) is 5.91 Å². The number of likely N-dealkylation sites (N-methyl/N-ethyl adjacent to an activating group) is 1. The number of amides is 1. The van der Waals surface area contributed by atoms with E-state index in [2.05, 4.69) is 17.6 Å². The molecule has 0 fully saturated rings. The normalized spacial score (nSPS) is 9.70. The first kappa shape index (κ1) is 18.6. The second-order valence-electron chi connectivity index (χ2n) is 4.43. The summed E-state index contributed by atoms with van der Waals surface area (Å²) in [4.78, 5) is 23.3. The molecular formula is C15H23ClN2O2. The van der Waals surface area contributed by atoms with E-state index in [4.69, 9.17) is 0 Å². The summed E-state index contributed by atoms with van der Waals surface area (Å²) in [6.45, 7) is 3.40. The van der Waals surface area contributed by atoms with E-state index in [-0.39, 0.29) is 36.9 Å². The van der Waals surface area contributed by atoms with Gasteiger partial charge in [-0.15, -0.1) is 12.4 Å². The van der Waals surface area contributed by atoms with Crippen LogP contribution in [0.25, 0.3) is 0 Å². The second-order valence-corrected chi connectivity index (χ2v) is 4.43. The number of carbonyl (C=O) groups excluding carboxylic acids is 2. The van der Waals surface area contributed by atoms with Crippen LogP contribution in [0.2, 0.25) is 0 Å². The van der Waals surface area contributed by atoms with Crippen molar-refractivity contribution in [2.24, 2.45) is 0 Å². The van der Waals surface area contributed by atoms with E-state index in [0.29, 0.717) is 12.1 Å². The van der Waals surface area contributed by atoms with Crippen LogP contribution in [0.3, 0.4) is 0 Å². The van der Waals surface area contributed by atoms with Crippen LogP contribution in [-0.4, -0.2) is 31.8 Å². The second kappa shape index (κ2) is 10.4. The zero-order valence-corrected chi connectivity index (χ0v) is 12.9. The molecule has 0 atom stereocenters. The highest BCUT2D eigenvalue weighted by atomic mass is 35.5. The maximum Gasteiger partial charge on any atom is 0.220 e. The van der Waals surface area contributed by atoms with Crippen molar-refractivity contribution in [3.63, 3.8) is 0 Å². The molecule has 0 aliphatic carbocycles. The Hall–Kier alpha value is -1.39. The smallest absolute Gasteiger partial charge is 0.220 e. The molecule has 4 nitrogen and oxygen atoms in total. The Bertz CT molecular complexity index is 418. The first-order chi connectivity index (χ1) is 9.17. The van der Waals surface area contributed by atoms with E-state index in [1.807, 2.05) is 31.3 Å². The number of hydrogen-bond donors (Lipinski definition) is 2. The Morgan fingerprint density at radius 3 is 2.25 bits per heavy atom. The van der Waals surface area contributed by atoms with Gasteiger partial charge in [0.05, 0.1) is 0 Å². The highest BCUT2D eigenvalue weighted by molar-refractivity contribution is 5.97. The molecule has 0 aliphatic rings. The van der Waals surface area contributed by atoms with Gasteiger partial charge >= 0.3 is 0 Å². The zero-order chi connectivity index (χ0) is 14.1. The lowest BCUT2D eigenvalue weighted by atomic mass is 10.0. The van der Waals surface area contributed by atoms with Crippen LogP contribution in [0.1, 0.15) is 35.7 Å². The van der Waals surface area contributed by atoms with Gasteiger partial charge in [0, 0.05) is 31.5 Å². The molecule has 0 aliphatic heterocycles. The number of Topliss-reactive ketones (excluding diaryl/α,β-unsaturated/α-hetero) is 1. The fraction of sp³-hybridized carbons (Fsp3) is 0.467. The van der Waals surface area contributed by atoms with Crippen LogP contribution >= 0.6 is 12.4 Å². The molecule has 1 amide bonds. The molecule has 0 saturated heterocycles. The molecule has 1 aromatic carbocycles. The largest absolute Gasteiger partial charge is 0.355 e. The molecule has 20 heavy (non-hydrogen) atoms. The van der Waals surface area contributed by atoms with Gasteiger partial charge < -0.3 is 10.6 Å². The van der Waals surface area contributed by atoms with Crippen molar-refractivity contribution in [1.29, 1.82) is 0 Å². The van der Waals surface area contributed by atoms with Crippen molar-refractivity contribution in [3.05, 3.63) is 35.4 Å². The fourth-order valence-electron chi connectivity index (χ4n) is 1.71. The highest BCUT2D eigenvalue weighted by Crippen LogP contribution is 2.08. The average molecular weight is 299 g/mol. The molecule has 0 radical (unpaired) electrons. The standard InChI is InChI=1S/C15H22N2O2.ClH/c1-3-12-4-6-13(7-5-12)14(18)8-9-15(19)17-11-10-16-2;/h4-7,16H,3,8-11H2,1-2H3,(H,17,19);1H. The molecule has 0 spiro atoms. The van der Waals surface area contributed by atoms with Gasteiger partial charge in [-0.25, -0.2) is 0 Å². The van der Waals surface area contributed by atoms with Crippen LogP contribution in [0, 0.1) is 0 Å². The summed E-state index contributed by atoms with van der Waals surface area (Å²) in [7, 11) is 1.83. The first-order valence-corrected chi connectivity index (χ1v) is 6.70. The van der Waals surface area contributed by atoms with E-state index in [1.54, 1.807) is 0 Å². The lowest BCUT2D eigenvalue weighted by molar-refractivity contribution is -0.121. The van der Waals surface area contributed by atoms with Crippen molar-refractivity contribution in [2.75, 3.05) is 20.1 Å². The van der Waals surface area contributed by atoms with Crippen LogP contribution < -0.4 is 10.6 Å². The molecular weight excluding hydrogens is 276 g/mol. The first-order valence-electron chi connectivity index (χ1n) is 6.70. The molecule has 0 aromatic heterocycles. The minimum Gasteiger partial charge on any atom is -0.355 e. The number of benzene rings is 1. The van der Waals surface area contributed by atoms with Gasteiger partial charge in [0.1, 0.15) is 0 Å². The molecule has 1 aromatic rings. The Labute approximate surface area is 126 Å². The van der Waals surface area contributed by atoms with Crippen LogP contribution in [0.15, 0.2) is 24.3 Å². The lowest BCUT2D eigenvalue weighted by Crippen LogP contribution is -2.30. The molecule has 0 heterocycles. The van der Waals surface area contributed by atoms with E-state index in [0.717, 1.165) is 13.0 Å². The third-order valence-electron chi connectivity index (χ3n) is 2.96. The van der Waals surface area contributed by atoms with Crippen LogP contribution in [0.4, 0.5) is 0 Å². The molecule has 0 bridgehead atoms. The van der Waals surface area contributed by atoms with E-state index < -0.39 is 0 Å². The number of carbonyl (C=O) groups is 2. The maximum atomic E-state index is 11.9. The summed E-state index contributed by atoms with van der Waals surface area (Å²) in [5.41, 5.74) is 1.89. The summed E-state index contributed by atoms with van der Waals surface area (Å²) < 4.78 is 0. The van der Waals surface area contributed by atoms with Gasteiger partial charge in [-0.3, -0.25) is 9.59 Å². The number of nitrogens with one attached hydrogen (secondary N) is 2. The Balaban J connectivity index is 0.00000361. The number of aryl methyl sites for hydroxylation is 1. The minimum atomic E-state index is -0.0752. The molecule has 5 heteroatoms. The maximum absolute atomic E-state index is 11.9. The monoisotopic (exact) mass is 298 g/mol. The number of ketones is 1. The molecule has 0 saturated carbocycles. The number of halogens is 1. The van der Waals surface area contributed by atoms with Gasteiger partial charge in [0.15, 0.2) is 5.78 Å². The highest BCUT2D eigenvalue weighted by Gasteiger charge is 2.08. The third kappa shape index (κ3) is 6.68. The topological polar surface area (TPSA) is 58.2 Å². The SMILES string of the molecule is CCc1ccc(C(=O)CCC(=O)NCCNC)cc1.Cl. The van der Waals surface area contributed by atoms with E-state index in [9.17, 15) is 9.59 Å².